The Bertz CT molecular complexity index is 686. The van der Waals surface area contributed by atoms with Gasteiger partial charge in [0.05, 0.1) is 12.9 Å². The Morgan fingerprint density at radius 1 is 1.04 bits per heavy atom. The molecule has 0 unspecified atom stereocenters. The highest BCUT2D eigenvalue weighted by atomic mass is 32.2. The number of rotatable bonds is 6. The van der Waals surface area contributed by atoms with Gasteiger partial charge in [-0.3, -0.25) is 9.59 Å². The SMILES string of the molecule is COc1cccc(NC(=O)CSc2ccc(NC(C)=O)cc2)c1. The van der Waals surface area contributed by atoms with Gasteiger partial charge in [0.25, 0.3) is 0 Å². The number of hydrogen-bond acceptors (Lipinski definition) is 4. The van der Waals surface area contributed by atoms with Gasteiger partial charge in [0.1, 0.15) is 5.75 Å². The number of anilines is 2. The maximum absolute atomic E-state index is 12.0. The number of ether oxygens (including phenoxy) is 1. The van der Waals surface area contributed by atoms with E-state index in [1.165, 1.54) is 18.7 Å². The molecule has 0 aliphatic carbocycles. The van der Waals surface area contributed by atoms with Crippen LogP contribution in [0.3, 0.4) is 0 Å². The van der Waals surface area contributed by atoms with Gasteiger partial charge in [0.2, 0.25) is 11.8 Å². The molecule has 0 aliphatic heterocycles. The van der Waals surface area contributed by atoms with Crippen LogP contribution in [0.4, 0.5) is 11.4 Å². The average molecular weight is 330 g/mol. The van der Waals surface area contributed by atoms with Crippen molar-refractivity contribution in [3.63, 3.8) is 0 Å². The number of carbonyl (C=O) groups is 2. The summed E-state index contributed by atoms with van der Waals surface area (Å²) in [6.07, 6.45) is 0. The molecule has 5 nitrogen and oxygen atoms in total. The highest BCUT2D eigenvalue weighted by molar-refractivity contribution is 8.00. The minimum absolute atomic E-state index is 0.0887. The summed E-state index contributed by atoms with van der Waals surface area (Å²) in [5.74, 6) is 0.803. The molecule has 6 heteroatoms. The number of thioether (sulfide) groups is 1. The zero-order valence-electron chi connectivity index (χ0n) is 13.0. The topological polar surface area (TPSA) is 67.4 Å². The third-order valence-electron chi connectivity index (χ3n) is 2.90. The fourth-order valence-corrected chi connectivity index (χ4v) is 2.58. The number of methoxy groups -OCH3 is 1. The van der Waals surface area contributed by atoms with Gasteiger partial charge < -0.3 is 15.4 Å². The minimum atomic E-state index is -0.108. The van der Waals surface area contributed by atoms with Crippen molar-refractivity contribution in [3.8, 4) is 5.75 Å². The van der Waals surface area contributed by atoms with Gasteiger partial charge in [-0.1, -0.05) is 6.07 Å². The van der Waals surface area contributed by atoms with Crippen LogP contribution in [0, 0.1) is 0 Å². The van der Waals surface area contributed by atoms with E-state index < -0.39 is 0 Å². The van der Waals surface area contributed by atoms with Crippen LogP contribution < -0.4 is 15.4 Å². The molecule has 0 aromatic heterocycles. The highest BCUT2D eigenvalue weighted by Crippen LogP contribution is 2.21. The van der Waals surface area contributed by atoms with Crippen molar-refractivity contribution in [2.45, 2.75) is 11.8 Å². The van der Waals surface area contributed by atoms with Crippen molar-refractivity contribution in [1.82, 2.24) is 0 Å². The van der Waals surface area contributed by atoms with Crippen LogP contribution in [0.1, 0.15) is 6.92 Å². The largest absolute Gasteiger partial charge is 0.497 e. The van der Waals surface area contributed by atoms with E-state index >= 15 is 0 Å². The standard InChI is InChI=1S/C17H18N2O3S/c1-12(20)18-13-6-8-16(9-7-13)23-11-17(21)19-14-4-3-5-15(10-14)22-2/h3-10H,11H2,1-2H3,(H,18,20)(H,19,21). The predicted octanol–water partition coefficient (Wildman–Crippen LogP) is 3.38. The fraction of sp³-hybridized carbons (Fsp3) is 0.176. The molecule has 0 heterocycles. The Labute approximate surface area is 139 Å². The molecular formula is C17H18N2O3S. The van der Waals surface area contributed by atoms with Gasteiger partial charge in [-0.05, 0) is 36.4 Å². The van der Waals surface area contributed by atoms with Gasteiger partial charge in [-0.25, -0.2) is 0 Å². The summed E-state index contributed by atoms with van der Waals surface area (Å²) in [5.41, 5.74) is 1.44. The van der Waals surface area contributed by atoms with Crippen LogP contribution in [0.15, 0.2) is 53.4 Å². The molecule has 0 saturated carbocycles. The lowest BCUT2D eigenvalue weighted by Gasteiger charge is -2.07. The van der Waals surface area contributed by atoms with Gasteiger partial charge >= 0.3 is 0 Å². The Kier molecular flexibility index (Phi) is 6.05. The van der Waals surface area contributed by atoms with E-state index in [4.69, 9.17) is 4.74 Å². The first-order chi connectivity index (χ1) is 11.1. The highest BCUT2D eigenvalue weighted by Gasteiger charge is 2.05. The third kappa shape index (κ3) is 5.67. The summed E-state index contributed by atoms with van der Waals surface area (Å²) in [4.78, 5) is 23.9. The van der Waals surface area contributed by atoms with Crippen LogP contribution in [0.5, 0.6) is 5.75 Å². The van der Waals surface area contributed by atoms with Crippen molar-refractivity contribution in [3.05, 3.63) is 48.5 Å². The van der Waals surface area contributed by atoms with E-state index in [-0.39, 0.29) is 11.8 Å². The molecule has 2 aromatic carbocycles. The van der Waals surface area contributed by atoms with Crippen molar-refractivity contribution < 1.29 is 14.3 Å². The summed E-state index contributed by atoms with van der Waals surface area (Å²) >= 11 is 1.43. The molecule has 0 saturated heterocycles. The molecule has 0 aliphatic rings. The summed E-state index contributed by atoms with van der Waals surface area (Å²) in [5, 5.41) is 5.53. The number of benzene rings is 2. The maximum atomic E-state index is 12.0. The van der Waals surface area contributed by atoms with E-state index in [0.717, 1.165) is 10.6 Å². The molecule has 23 heavy (non-hydrogen) atoms. The molecule has 2 N–H and O–H groups in total. The van der Waals surface area contributed by atoms with Crippen molar-refractivity contribution in [1.29, 1.82) is 0 Å². The zero-order valence-corrected chi connectivity index (χ0v) is 13.8. The maximum Gasteiger partial charge on any atom is 0.234 e. The second-order valence-corrected chi connectivity index (χ2v) is 5.82. The van der Waals surface area contributed by atoms with E-state index in [0.29, 0.717) is 17.2 Å². The Hall–Kier alpha value is -2.47. The molecule has 2 rings (SSSR count). The van der Waals surface area contributed by atoms with E-state index in [1.54, 1.807) is 13.2 Å². The van der Waals surface area contributed by atoms with Crippen LogP contribution in [-0.2, 0) is 9.59 Å². The third-order valence-corrected chi connectivity index (χ3v) is 3.91. The van der Waals surface area contributed by atoms with Crippen molar-refractivity contribution in [2.24, 2.45) is 0 Å². The summed E-state index contributed by atoms with van der Waals surface area (Å²) in [6.45, 7) is 1.46. The Balaban J connectivity index is 1.85. The molecule has 0 bridgehead atoms. The Morgan fingerprint density at radius 3 is 2.43 bits per heavy atom. The molecule has 2 aromatic rings. The smallest absolute Gasteiger partial charge is 0.234 e. The van der Waals surface area contributed by atoms with Crippen LogP contribution in [0.2, 0.25) is 0 Å². The molecule has 120 valence electrons. The monoisotopic (exact) mass is 330 g/mol. The lowest BCUT2D eigenvalue weighted by Crippen LogP contribution is -2.13. The summed E-state index contributed by atoms with van der Waals surface area (Å²) < 4.78 is 5.12. The lowest BCUT2D eigenvalue weighted by atomic mass is 10.3. The Morgan fingerprint density at radius 2 is 1.78 bits per heavy atom. The first kappa shape index (κ1) is 16.9. The summed E-state index contributed by atoms with van der Waals surface area (Å²) in [6, 6.07) is 14.6. The number of carbonyl (C=O) groups excluding carboxylic acids is 2. The van der Waals surface area contributed by atoms with Crippen molar-refractivity contribution in [2.75, 3.05) is 23.5 Å². The summed E-state index contributed by atoms with van der Waals surface area (Å²) in [7, 11) is 1.58. The first-order valence-electron chi connectivity index (χ1n) is 7.01. The van der Waals surface area contributed by atoms with Gasteiger partial charge in [-0.2, -0.15) is 0 Å². The normalized spacial score (nSPS) is 10.0. The van der Waals surface area contributed by atoms with E-state index in [1.807, 2.05) is 42.5 Å². The van der Waals surface area contributed by atoms with Crippen LogP contribution in [-0.4, -0.2) is 24.7 Å². The van der Waals surface area contributed by atoms with Crippen molar-refractivity contribution >= 4 is 35.0 Å². The average Bonchev–Trinajstić information content (AvgIpc) is 2.54. The second-order valence-electron chi connectivity index (χ2n) is 4.77. The lowest BCUT2D eigenvalue weighted by molar-refractivity contribution is -0.114. The number of hydrogen-bond donors (Lipinski definition) is 2. The molecule has 0 radical (unpaired) electrons. The molecule has 0 fully saturated rings. The van der Waals surface area contributed by atoms with Gasteiger partial charge in [0, 0.05) is 29.3 Å². The predicted molar refractivity (Wildman–Crippen MR) is 93.1 cm³/mol. The molecule has 0 spiro atoms. The molecule has 2 amide bonds. The molecule has 0 atom stereocenters. The fourth-order valence-electron chi connectivity index (χ4n) is 1.88. The quantitative estimate of drug-likeness (QED) is 0.797. The van der Waals surface area contributed by atoms with Crippen LogP contribution in [0.25, 0.3) is 0 Å². The number of amides is 2. The molecular weight excluding hydrogens is 312 g/mol. The first-order valence-corrected chi connectivity index (χ1v) is 8.00. The van der Waals surface area contributed by atoms with Crippen LogP contribution >= 0.6 is 11.8 Å². The second kappa shape index (κ2) is 8.24. The zero-order chi connectivity index (χ0) is 16.7. The van der Waals surface area contributed by atoms with E-state index in [2.05, 4.69) is 10.6 Å². The minimum Gasteiger partial charge on any atom is -0.497 e. The number of nitrogens with one attached hydrogen (secondary N) is 2. The van der Waals surface area contributed by atoms with Gasteiger partial charge in [-0.15, -0.1) is 11.8 Å². The van der Waals surface area contributed by atoms with E-state index in [9.17, 15) is 9.59 Å². The van der Waals surface area contributed by atoms with Gasteiger partial charge in [0.15, 0.2) is 0 Å².